The second-order valence-electron chi connectivity index (χ2n) is 8.32. The minimum absolute atomic E-state index is 0.148. The van der Waals surface area contributed by atoms with Crippen molar-refractivity contribution < 1.29 is 29.0 Å². The van der Waals surface area contributed by atoms with Crippen molar-refractivity contribution in [2.45, 2.75) is 63.6 Å². The van der Waals surface area contributed by atoms with Gasteiger partial charge in [0.1, 0.15) is 42.3 Å². The summed E-state index contributed by atoms with van der Waals surface area (Å²) in [7, 11) is -2.24. The summed E-state index contributed by atoms with van der Waals surface area (Å²) in [6, 6.07) is 4.14. The standard InChI is InChI=1S/C21H30N6O6P/c1-4-13(5-2)8-32-20(30)12(3)26-34(31)9-15-17(28)18(29)21(10-22,33-15)16-7-6-14-19(23)24-11-25-27(14)16/h6-7,11-13,15,17-18,28-29H,4-5,8-9H2,1-3H3,(H,26,31)(H2,23,24,25)/q+1/t12-,15+,17+,18+,21-/m0/s1. The molecule has 34 heavy (non-hydrogen) atoms. The first-order valence-electron chi connectivity index (χ1n) is 11.1. The van der Waals surface area contributed by atoms with E-state index in [1.165, 1.54) is 23.8 Å². The number of aromatic nitrogens is 3. The quantitative estimate of drug-likeness (QED) is 0.272. The van der Waals surface area contributed by atoms with Crippen LogP contribution >= 0.6 is 7.95 Å². The van der Waals surface area contributed by atoms with Gasteiger partial charge in [-0.15, -0.1) is 0 Å². The maximum absolute atomic E-state index is 12.7. The Kier molecular flexibility index (Phi) is 8.17. The fraction of sp³-hybridized carbons (Fsp3) is 0.619. The van der Waals surface area contributed by atoms with E-state index in [-0.39, 0.29) is 30.2 Å². The number of nitrogens with one attached hydrogen (secondary N) is 1. The number of rotatable bonds is 10. The average molecular weight is 493 g/mol. The van der Waals surface area contributed by atoms with Gasteiger partial charge in [0.25, 0.3) is 0 Å². The Bertz CT molecular complexity index is 1090. The number of esters is 1. The Morgan fingerprint density at radius 2 is 2.15 bits per heavy atom. The molecule has 0 amide bonds. The number of nitriles is 1. The van der Waals surface area contributed by atoms with Crippen molar-refractivity contribution in [3.63, 3.8) is 0 Å². The zero-order valence-electron chi connectivity index (χ0n) is 19.3. The lowest BCUT2D eigenvalue weighted by atomic mass is 9.93. The van der Waals surface area contributed by atoms with Gasteiger partial charge in [0.05, 0.1) is 12.3 Å². The fourth-order valence-electron chi connectivity index (χ4n) is 3.90. The van der Waals surface area contributed by atoms with Crippen LogP contribution in [0.4, 0.5) is 5.82 Å². The van der Waals surface area contributed by atoms with Gasteiger partial charge in [0, 0.05) is 0 Å². The summed E-state index contributed by atoms with van der Waals surface area (Å²) in [5.74, 6) is -0.110. The van der Waals surface area contributed by atoms with Crippen molar-refractivity contribution in [2.24, 2.45) is 5.92 Å². The van der Waals surface area contributed by atoms with E-state index in [1.807, 2.05) is 19.9 Å². The van der Waals surface area contributed by atoms with Gasteiger partial charge < -0.3 is 25.4 Å². The van der Waals surface area contributed by atoms with Crippen LogP contribution < -0.4 is 10.8 Å². The molecule has 12 nitrogen and oxygen atoms in total. The molecule has 0 spiro atoms. The topological polar surface area (TPSA) is 185 Å². The van der Waals surface area contributed by atoms with Crippen molar-refractivity contribution >= 4 is 25.3 Å². The van der Waals surface area contributed by atoms with Gasteiger partial charge in [-0.3, -0.25) is 4.79 Å². The molecule has 1 saturated heterocycles. The number of nitrogens with two attached hydrogens (primary N) is 1. The summed E-state index contributed by atoms with van der Waals surface area (Å²) in [6.07, 6.45) is -1.60. The maximum Gasteiger partial charge on any atom is 0.435 e. The predicted octanol–water partition coefficient (Wildman–Crippen LogP) is 0.851. The summed E-state index contributed by atoms with van der Waals surface area (Å²) in [6.45, 7) is 5.85. The van der Waals surface area contributed by atoms with Gasteiger partial charge in [0.15, 0.2) is 12.0 Å². The van der Waals surface area contributed by atoms with E-state index < -0.39 is 43.9 Å². The number of anilines is 1. The van der Waals surface area contributed by atoms with E-state index in [0.717, 1.165) is 12.8 Å². The Morgan fingerprint density at radius 3 is 2.79 bits per heavy atom. The molecule has 1 unspecified atom stereocenters. The molecule has 2 aromatic heterocycles. The summed E-state index contributed by atoms with van der Waals surface area (Å²) in [5.41, 5.74) is 4.41. The molecule has 2 aromatic rings. The lowest BCUT2D eigenvalue weighted by Crippen LogP contribution is -2.41. The number of aliphatic hydroxyl groups is 2. The molecule has 13 heteroatoms. The second-order valence-corrected chi connectivity index (χ2v) is 9.70. The predicted molar refractivity (Wildman–Crippen MR) is 122 cm³/mol. The van der Waals surface area contributed by atoms with Crippen LogP contribution in [0.2, 0.25) is 0 Å². The Labute approximate surface area is 197 Å². The molecule has 1 aliphatic rings. The van der Waals surface area contributed by atoms with Gasteiger partial charge in [-0.2, -0.15) is 10.4 Å². The highest BCUT2D eigenvalue weighted by molar-refractivity contribution is 7.42. The van der Waals surface area contributed by atoms with Crippen molar-refractivity contribution in [1.82, 2.24) is 19.7 Å². The number of carbonyl (C=O) groups is 1. The molecule has 0 radical (unpaired) electrons. The van der Waals surface area contributed by atoms with Crippen molar-refractivity contribution in [1.29, 1.82) is 5.26 Å². The van der Waals surface area contributed by atoms with E-state index in [4.69, 9.17) is 15.2 Å². The third-order valence-corrected chi connectivity index (χ3v) is 7.51. The van der Waals surface area contributed by atoms with E-state index in [0.29, 0.717) is 5.52 Å². The number of aliphatic hydroxyl groups excluding tert-OH is 2. The van der Waals surface area contributed by atoms with Crippen LogP contribution in [0, 0.1) is 17.2 Å². The number of nitrogens with zero attached hydrogens (tertiary/aromatic N) is 4. The van der Waals surface area contributed by atoms with Gasteiger partial charge in [-0.05, 0) is 25.0 Å². The normalized spacial score (nSPS) is 25.9. The van der Waals surface area contributed by atoms with Crippen molar-refractivity contribution in [2.75, 3.05) is 18.5 Å². The number of hydrogen-bond acceptors (Lipinski definition) is 10. The minimum Gasteiger partial charge on any atom is -0.464 e. The molecule has 184 valence electrons. The molecule has 0 aliphatic carbocycles. The van der Waals surface area contributed by atoms with Gasteiger partial charge in [0.2, 0.25) is 5.60 Å². The van der Waals surface area contributed by atoms with Crippen LogP contribution in [0.25, 0.3) is 5.52 Å². The molecule has 5 N–H and O–H groups in total. The highest BCUT2D eigenvalue weighted by Gasteiger charge is 2.59. The summed E-state index contributed by atoms with van der Waals surface area (Å²) in [5, 5.41) is 38.0. The second kappa shape index (κ2) is 10.7. The summed E-state index contributed by atoms with van der Waals surface area (Å²) < 4.78 is 25.1. The van der Waals surface area contributed by atoms with Gasteiger partial charge in [-0.25, -0.2) is 9.50 Å². The first kappa shape index (κ1) is 25.9. The van der Waals surface area contributed by atoms with Crippen molar-refractivity contribution in [3.05, 3.63) is 24.2 Å². The highest BCUT2D eigenvalue weighted by Crippen LogP contribution is 2.42. The molecule has 1 fully saturated rings. The van der Waals surface area contributed by atoms with Crippen LogP contribution in [0.3, 0.4) is 0 Å². The Hall–Kier alpha value is -2.68. The molecule has 0 bridgehead atoms. The lowest BCUT2D eigenvalue weighted by Gasteiger charge is -2.23. The van der Waals surface area contributed by atoms with E-state index in [9.17, 15) is 24.8 Å². The van der Waals surface area contributed by atoms with Crippen molar-refractivity contribution in [3.8, 4) is 6.07 Å². The fourth-order valence-corrected chi connectivity index (χ4v) is 5.16. The molecular formula is C21H30N6O6P+. The molecule has 0 saturated carbocycles. The zero-order valence-corrected chi connectivity index (χ0v) is 20.2. The van der Waals surface area contributed by atoms with E-state index in [2.05, 4.69) is 15.2 Å². The van der Waals surface area contributed by atoms with Crippen LogP contribution in [-0.4, -0.2) is 67.9 Å². The Balaban J connectivity index is 1.69. The maximum atomic E-state index is 12.7. The third-order valence-electron chi connectivity index (χ3n) is 6.14. The molecule has 0 aromatic carbocycles. The summed E-state index contributed by atoms with van der Waals surface area (Å²) >= 11 is 0. The number of fused-ring (bicyclic) bond motifs is 1. The average Bonchev–Trinajstić information content (AvgIpc) is 3.36. The molecule has 3 rings (SSSR count). The van der Waals surface area contributed by atoms with Crippen LogP contribution in [0.15, 0.2) is 18.5 Å². The van der Waals surface area contributed by atoms with E-state index >= 15 is 0 Å². The van der Waals surface area contributed by atoms with Crippen LogP contribution in [0.1, 0.15) is 39.3 Å². The van der Waals surface area contributed by atoms with E-state index in [1.54, 1.807) is 6.07 Å². The number of hydrogen-bond donors (Lipinski definition) is 4. The molecule has 1 aliphatic heterocycles. The lowest BCUT2D eigenvalue weighted by molar-refractivity contribution is -0.146. The third kappa shape index (κ3) is 4.89. The van der Waals surface area contributed by atoms with Gasteiger partial charge in [-0.1, -0.05) is 36.3 Å². The molecular weight excluding hydrogens is 463 g/mol. The molecule has 6 atom stereocenters. The minimum atomic E-state index is -2.24. The monoisotopic (exact) mass is 493 g/mol. The first-order chi connectivity index (χ1) is 16.2. The summed E-state index contributed by atoms with van der Waals surface area (Å²) in [4.78, 5) is 16.1. The Morgan fingerprint density at radius 1 is 1.44 bits per heavy atom. The number of ether oxygens (including phenoxy) is 2. The largest absolute Gasteiger partial charge is 0.464 e. The molecule has 3 heterocycles. The number of nitrogen functional groups attached to an aromatic ring is 1. The highest BCUT2D eigenvalue weighted by atomic mass is 31.1. The SMILES string of the molecule is CCC(CC)COC(=O)[C@H](C)N[P+](=O)C[C@H]1O[C@@](C#N)(c2ccc3c(N)ncnn23)[C@H](O)[C@@H]1O. The van der Waals surface area contributed by atoms with Crippen LogP contribution in [-0.2, 0) is 24.4 Å². The van der Waals surface area contributed by atoms with Gasteiger partial charge >= 0.3 is 13.9 Å². The van der Waals surface area contributed by atoms with Crippen LogP contribution in [0.5, 0.6) is 0 Å². The number of carbonyl (C=O) groups excluding carboxylic acids is 1. The first-order valence-corrected chi connectivity index (χ1v) is 12.5. The zero-order chi connectivity index (χ0) is 25.0. The smallest absolute Gasteiger partial charge is 0.435 e.